The Bertz CT molecular complexity index is 357. The molecule has 1 atom stereocenters. The van der Waals surface area contributed by atoms with Crippen LogP contribution in [0.3, 0.4) is 0 Å². The third-order valence-corrected chi connectivity index (χ3v) is 3.77. The van der Waals surface area contributed by atoms with Crippen molar-refractivity contribution in [1.29, 1.82) is 0 Å². The molecule has 0 bridgehead atoms. The van der Waals surface area contributed by atoms with Crippen LogP contribution >= 0.6 is 11.3 Å². The van der Waals surface area contributed by atoms with Crippen molar-refractivity contribution >= 4 is 22.3 Å². The van der Waals surface area contributed by atoms with Crippen molar-refractivity contribution in [3.05, 3.63) is 17.0 Å². The summed E-state index contributed by atoms with van der Waals surface area (Å²) in [7, 11) is 1.98. The Kier molecular flexibility index (Phi) is 2.93. The molecule has 1 fully saturated rings. The van der Waals surface area contributed by atoms with Crippen molar-refractivity contribution in [3.63, 3.8) is 0 Å². The lowest BCUT2D eigenvalue weighted by Gasteiger charge is -2.23. The molecule has 1 aromatic heterocycles. The van der Waals surface area contributed by atoms with Gasteiger partial charge in [-0.05, 0) is 18.6 Å². The fourth-order valence-corrected chi connectivity index (χ4v) is 2.52. The molecule has 0 spiro atoms. The van der Waals surface area contributed by atoms with E-state index in [9.17, 15) is 4.79 Å². The van der Waals surface area contributed by atoms with E-state index in [4.69, 9.17) is 9.84 Å². The highest BCUT2D eigenvalue weighted by atomic mass is 32.1. The van der Waals surface area contributed by atoms with Gasteiger partial charge in [0.05, 0.1) is 17.6 Å². The number of ether oxygens (including phenoxy) is 1. The van der Waals surface area contributed by atoms with Crippen LogP contribution in [-0.4, -0.2) is 37.4 Å². The number of anilines is 1. The third-order valence-electron chi connectivity index (χ3n) is 2.60. The highest BCUT2D eigenvalue weighted by Gasteiger charge is 2.22. The number of carbonyl (C=O) groups is 1. The molecule has 2 rings (SSSR count). The predicted octanol–water partition coefficient (Wildman–Crippen LogP) is 1.67. The van der Waals surface area contributed by atoms with Crippen LogP contribution < -0.4 is 4.90 Å². The molecule has 1 unspecified atom stereocenters. The molecule has 1 N–H and O–H groups in total. The number of carboxylic acids is 1. The Morgan fingerprint density at radius 2 is 2.47 bits per heavy atom. The number of carboxylic acid groups (broad SMARTS) is 1. The molecule has 82 valence electrons. The van der Waals surface area contributed by atoms with E-state index < -0.39 is 5.97 Å². The third kappa shape index (κ3) is 2.13. The van der Waals surface area contributed by atoms with Gasteiger partial charge >= 0.3 is 5.97 Å². The number of aromatic carboxylic acids is 1. The monoisotopic (exact) mass is 227 g/mol. The molecule has 1 saturated heterocycles. The lowest BCUT2D eigenvalue weighted by Crippen LogP contribution is -2.30. The second-order valence-electron chi connectivity index (χ2n) is 3.57. The van der Waals surface area contributed by atoms with E-state index in [1.54, 1.807) is 6.07 Å². The van der Waals surface area contributed by atoms with E-state index >= 15 is 0 Å². The van der Waals surface area contributed by atoms with E-state index in [1.807, 2.05) is 13.1 Å². The maximum Gasteiger partial charge on any atom is 0.345 e. The molecule has 5 heteroatoms. The Hall–Kier alpha value is -1.07. The van der Waals surface area contributed by atoms with Gasteiger partial charge in [-0.15, -0.1) is 11.3 Å². The standard InChI is InChI=1S/C10H13NO3S/c1-11(7-4-5-14-6-7)9-3-2-8(15-9)10(12)13/h2-3,7H,4-6H2,1H3,(H,12,13). The minimum Gasteiger partial charge on any atom is -0.477 e. The van der Waals surface area contributed by atoms with E-state index in [-0.39, 0.29) is 0 Å². The number of hydrogen-bond donors (Lipinski definition) is 1. The summed E-state index contributed by atoms with van der Waals surface area (Å²) in [6, 6.07) is 3.88. The molecule has 0 saturated carbocycles. The molecule has 1 aliphatic heterocycles. The quantitative estimate of drug-likeness (QED) is 0.853. The lowest BCUT2D eigenvalue weighted by atomic mass is 10.2. The van der Waals surface area contributed by atoms with Crippen LogP contribution in [0.4, 0.5) is 5.00 Å². The Balaban J connectivity index is 2.10. The van der Waals surface area contributed by atoms with Crippen LogP contribution in [0.25, 0.3) is 0 Å². The molecule has 2 heterocycles. The van der Waals surface area contributed by atoms with Gasteiger partial charge in [-0.1, -0.05) is 0 Å². The van der Waals surface area contributed by atoms with Crippen LogP contribution in [0.1, 0.15) is 16.1 Å². The molecule has 4 nitrogen and oxygen atoms in total. The second-order valence-corrected chi connectivity index (χ2v) is 4.63. The topological polar surface area (TPSA) is 49.8 Å². The second kappa shape index (κ2) is 4.20. The van der Waals surface area contributed by atoms with Gasteiger partial charge in [0.1, 0.15) is 4.88 Å². The summed E-state index contributed by atoms with van der Waals surface area (Å²) in [6.07, 6.45) is 1.01. The minimum atomic E-state index is -0.859. The zero-order valence-electron chi connectivity index (χ0n) is 8.47. The van der Waals surface area contributed by atoms with Crippen molar-refractivity contribution in [1.82, 2.24) is 0 Å². The summed E-state index contributed by atoms with van der Waals surface area (Å²) < 4.78 is 5.30. The summed E-state index contributed by atoms with van der Waals surface area (Å²) in [4.78, 5) is 13.2. The first-order valence-corrected chi connectivity index (χ1v) is 5.64. The molecule has 15 heavy (non-hydrogen) atoms. The summed E-state index contributed by atoms with van der Waals surface area (Å²) in [5.41, 5.74) is 0. The Morgan fingerprint density at radius 1 is 1.67 bits per heavy atom. The summed E-state index contributed by atoms with van der Waals surface area (Å²) in [6.45, 7) is 1.53. The van der Waals surface area contributed by atoms with Gasteiger partial charge in [0.2, 0.25) is 0 Å². The Morgan fingerprint density at radius 3 is 3.00 bits per heavy atom. The maximum absolute atomic E-state index is 10.7. The molecular formula is C10H13NO3S. The highest BCUT2D eigenvalue weighted by Crippen LogP contribution is 2.28. The van der Waals surface area contributed by atoms with Crippen molar-refractivity contribution in [3.8, 4) is 0 Å². The van der Waals surface area contributed by atoms with Gasteiger partial charge in [0, 0.05) is 13.7 Å². The van der Waals surface area contributed by atoms with Gasteiger partial charge < -0.3 is 14.7 Å². The largest absolute Gasteiger partial charge is 0.477 e. The van der Waals surface area contributed by atoms with Gasteiger partial charge in [0.25, 0.3) is 0 Å². The first-order valence-electron chi connectivity index (χ1n) is 4.82. The first kappa shape index (κ1) is 10.4. The fourth-order valence-electron chi connectivity index (χ4n) is 1.64. The van der Waals surface area contributed by atoms with Gasteiger partial charge in [-0.2, -0.15) is 0 Å². The number of likely N-dealkylation sites (N-methyl/N-ethyl adjacent to an activating group) is 1. The number of thiophene rings is 1. The SMILES string of the molecule is CN(c1ccc(C(=O)O)s1)C1CCOC1. The van der Waals surface area contributed by atoms with E-state index in [1.165, 1.54) is 11.3 Å². The number of nitrogens with zero attached hydrogens (tertiary/aromatic N) is 1. The average molecular weight is 227 g/mol. The molecule has 1 aliphatic rings. The van der Waals surface area contributed by atoms with Crippen molar-refractivity contribution in [2.75, 3.05) is 25.2 Å². The van der Waals surface area contributed by atoms with Crippen molar-refractivity contribution < 1.29 is 14.6 Å². The molecule has 0 aliphatic carbocycles. The number of rotatable bonds is 3. The summed E-state index contributed by atoms with van der Waals surface area (Å²) in [5, 5.41) is 9.80. The first-order chi connectivity index (χ1) is 7.18. The van der Waals surface area contributed by atoms with E-state index in [0.29, 0.717) is 10.9 Å². The van der Waals surface area contributed by atoms with Crippen LogP contribution in [0, 0.1) is 0 Å². The fraction of sp³-hybridized carbons (Fsp3) is 0.500. The number of hydrogen-bond acceptors (Lipinski definition) is 4. The predicted molar refractivity (Wildman–Crippen MR) is 58.9 cm³/mol. The van der Waals surface area contributed by atoms with Crippen LogP contribution in [0.5, 0.6) is 0 Å². The maximum atomic E-state index is 10.7. The average Bonchev–Trinajstić information content (AvgIpc) is 2.88. The zero-order chi connectivity index (χ0) is 10.8. The van der Waals surface area contributed by atoms with Crippen LogP contribution in [0.2, 0.25) is 0 Å². The van der Waals surface area contributed by atoms with Crippen LogP contribution in [0.15, 0.2) is 12.1 Å². The van der Waals surface area contributed by atoms with Gasteiger partial charge in [-0.3, -0.25) is 0 Å². The van der Waals surface area contributed by atoms with Crippen LogP contribution in [-0.2, 0) is 4.74 Å². The molecule has 0 radical (unpaired) electrons. The molecule has 0 amide bonds. The molecule has 0 aromatic carbocycles. The smallest absolute Gasteiger partial charge is 0.345 e. The summed E-state index contributed by atoms with van der Waals surface area (Å²) in [5.74, 6) is -0.859. The zero-order valence-corrected chi connectivity index (χ0v) is 9.29. The van der Waals surface area contributed by atoms with E-state index in [0.717, 1.165) is 24.6 Å². The van der Waals surface area contributed by atoms with Crippen molar-refractivity contribution in [2.24, 2.45) is 0 Å². The van der Waals surface area contributed by atoms with Gasteiger partial charge in [0.15, 0.2) is 0 Å². The summed E-state index contributed by atoms with van der Waals surface area (Å²) >= 11 is 1.31. The minimum absolute atomic E-state index is 0.380. The lowest BCUT2D eigenvalue weighted by molar-refractivity contribution is 0.0702. The highest BCUT2D eigenvalue weighted by molar-refractivity contribution is 7.17. The normalized spacial score (nSPS) is 20.5. The molecular weight excluding hydrogens is 214 g/mol. The van der Waals surface area contributed by atoms with Gasteiger partial charge in [-0.25, -0.2) is 4.79 Å². The van der Waals surface area contributed by atoms with Crippen molar-refractivity contribution in [2.45, 2.75) is 12.5 Å². The Labute approximate surface area is 92.1 Å². The molecule has 1 aromatic rings. The van der Waals surface area contributed by atoms with E-state index in [2.05, 4.69) is 4.90 Å².